The highest BCUT2D eigenvalue weighted by molar-refractivity contribution is 4.92. The topological polar surface area (TPSA) is 199 Å². The Morgan fingerprint density at radius 2 is 1.21 bits per heavy atom. The van der Waals surface area contributed by atoms with Gasteiger partial charge in [0.2, 0.25) is 0 Å². The Bertz CT molecular complexity index is 488. The fourth-order valence-electron chi connectivity index (χ4n) is 2.91. The Morgan fingerprint density at radius 3 is 1.68 bits per heavy atom. The molecule has 0 radical (unpaired) electrons. The minimum atomic E-state index is -1.62. The number of hydrogen-bond donors (Lipinski definition) is 8. The lowest BCUT2D eigenvalue weighted by atomic mass is 9.99. The van der Waals surface area contributed by atoms with E-state index in [1.807, 2.05) is 0 Å². The highest BCUT2D eigenvalue weighted by Crippen LogP contribution is 2.25. The smallest absolute Gasteiger partial charge is 0.187 e. The number of rotatable bonds is 8. The average Bonchev–Trinajstić information content (AvgIpc) is 2.70. The normalized spacial score (nSPS) is 45.6. The maximum Gasteiger partial charge on any atom is 0.187 e. The molecule has 2 heterocycles. The van der Waals surface area contributed by atoms with E-state index in [4.69, 9.17) is 24.1 Å². The van der Waals surface area contributed by atoms with Crippen molar-refractivity contribution >= 4 is 0 Å². The summed E-state index contributed by atoms with van der Waals surface area (Å²) in [7, 11) is 0. The lowest BCUT2D eigenvalue weighted by Crippen LogP contribution is -2.60. The van der Waals surface area contributed by atoms with E-state index in [0.29, 0.717) is 0 Å². The Kier molecular flexibility index (Phi) is 8.69. The molecule has 0 saturated carbocycles. The van der Waals surface area contributed by atoms with Crippen molar-refractivity contribution in [3.63, 3.8) is 0 Å². The van der Waals surface area contributed by atoms with Gasteiger partial charge in [-0.3, -0.25) is 0 Å². The fraction of sp³-hybridized carbons (Fsp3) is 0.875. The van der Waals surface area contributed by atoms with Gasteiger partial charge in [0.1, 0.15) is 54.9 Å². The van der Waals surface area contributed by atoms with Crippen molar-refractivity contribution in [2.45, 2.75) is 67.5 Å². The van der Waals surface area contributed by atoms with Crippen LogP contribution in [0, 0.1) is 0 Å². The summed E-state index contributed by atoms with van der Waals surface area (Å²) in [6, 6.07) is 0. The van der Waals surface area contributed by atoms with Crippen LogP contribution in [0.25, 0.3) is 0 Å². The highest BCUT2D eigenvalue weighted by Gasteiger charge is 2.46. The first-order valence-electron chi connectivity index (χ1n) is 8.75. The average molecular weight is 412 g/mol. The van der Waals surface area contributed by atoms with Crippen LogP contribution in [0.15, 0.2) is 12.7 Å². The molecule has 2 aliphatic heterocycles. The molecule has 164 valence electrons. The molecule has 12 heteroatoms. The highest BCUT2D eigenvalue weighted by atomic mass is 16.7. The van der Waals surface area contributed by atoms with Crippen LogP contribution < -0.4 is 0 Å². The number of ether oxygens (including phenoxy) is 4. The number of hydrogen-bond acceptors (Lipinski definition) is 12. The van der Waals surface area contributed by atoms with Crippen molar-refractivity contribution < 1.29 is 59.8 Å². The molecule has 2 saturated heterocycles. The molecule has 2 fully saturated rings. The van der Waals surface area contributed by atoms with E-state index in [2.05, 4.69) is 6.58 Å². The van der Waals surface area contributed by atoms with Gasteiger partial charge in [0.05, 0.1) is 19.8 Å². The molecule has 28 heavy (non-hydrogen) atoms. The summed E-state index contributed by atoms with van der Waals surface area (Å²) in [5.41, 5.74) is 0. The van der Waals surface area contributed by atoms with E-state index in [0.717, 1.165) is 0 Å². The van der Waals surface area contributed by atoms with Crippen LogP contribution in [0.4, 0.5) is 0 Å². The van der Waals surface area contributed by atoms with Crippen molar-refractivity contribution in [1.29, 1.82) is 0 Å². The second-order valence-electron chi connectivity index (χ2n) is 6.64. The third kappa shape index (κ3) is 5.05. The Labute approximate surface area is 160 Å². The van der Waals surface area contributed by atoms with Gasteiger partial charge in [0.25, 0.3) is 0 Å². The number of aliphatic hydroxyl groups excluding tert-OH is 8. The van der Waals surface area contributed by atoms with Gasteiger partial charge in [-0.05, 0) is 0 Å². The zero-order chi connectivity index (χ0) is 21.0. The molecule has 6 unspecified atom stereocenters. The Hall–Kier alpha value is -0.740. The van der Waals surface area contributed by atoms with Crippen LogP contribution in [0.5, 0.6) is 0 Å². The van der Waals surface area contributed by atoms with Crippen LogP contribution >= 0.6 is 0 Å². The zero-order valence-corrected chi connectivity index (χ0v) is 15.0. The van der Waals surface area contributed by atoms with Gasteiger partial charge in [-0.15, -0.1) is 6.58 Å². The summed E-state index contributed by atoms with van der Waals surface area (Å²) < 4.78 is 21.2. The fourth-order valence-corrected chi connectivity index (χ4v) is 2.91. The van der Waals surface area contributed by atoms with Crippen LogP contribution in [-0.4, -0.2) is 128 Å². The molecule has 0 aromatic rings. The monoisotopic (exact) mass is 412 g/mol. The first-order valence-corrected chi connectivity index (χ1v) is 8.75. The van der Waals surface area contributed by atoms with Crippen LogP contribution in [0.2, 0.25) is 0 Å². The third-order valence-electron chi connectivity index (χ3n) is 4.69. The molecule has 11 atom stereocenters. The van der Waals surface area contributed by atoms with Gasteiger partial charge in [-0.25, -0.2) is 0 Å². The van der Waals surface area contributed by atoms with Gasteiger partial charge in [0, 0.05) is 0 Å². The van der Waals surface area contributed by atoms with Gasteiger partial charge < -0.3 is 59.8 Å². The van der Waals surface area contributed by atoms with Gasteiger partial charge >= 0.3 is 0 Å². The molecule has 12 nitrogen and oxygen atoms in total. The molecule has 0 spiro atoms. The summed E-state index contributed by atoms with van der Waals surface area (Å²) in [6.45, 7) is 1.99. The second-order valence-corrected chi connectivity index (χ2v) is 6.64. The Balaban J connectivity index is 1.94. The second kappa shape index (κ2) is 10.3. The summed E-state index contributed by atoms with van der Waals surface area (Å²) >= 11 is 0. The molecule has 0 aromatic carbocycles. The molecule has 0 aromatic heterocycles. The maximum atomic E-state index is 9.99. The largest absolute Gasteiger partial charge is 0.394 e. The SMILES string of the molecule is C=C[C@@H](COC1OC(CO)[C@@H](O)[C@H](O)C1O)O[C@@H]1OC(CO)[C@@H](O)C(O)C1O. The predicted octanol–water partition coefficient (Wildman–Crippen LogP) is -4.83. The van der Waals surface area contributed by atoms with Crippen molar-refractivity contribution in [1.82, 2.24) is 0 Å². The lowest BCUT2D eigenvalue weighted by Gasteiger charge is -2.41. The van der Waals surface area contributed by atoms with Crippen molar-refractivity contribution in [3.05, 3.63) is 12.7 Å². The molecule has 8 N–H and O–H groups in total. The van der Waals surface area contributed by atoms with E-state index < -0.39 is 80.7 Å². The van der Waals surface area contributed by atoms with Crippen LogP contribution in [0.1, 0.15) is 0 Å². The van der Waals surface area contributed by atoms with E-state index in [1.165, 1.54) is 6.08 Å². The van der Waals surface area contributed by atoms with Crippen LogP contribution in [0.3, 0.4) is 0 Å². The quantitative estimate of drug-likeness (QED) is 0.177. The summed E-state index contributed by atoms with van der Waals surface area (Å²) in [6.07, 6.45) is -14.3. The zero-order valence-electron chi connectivity index (χ0n) is 15.0. The standard InChI is InChI=1S/C16H28O12/c1-2-6(26-16-14(24)12(22)10(20)8(4-18)28-16)5-25-15-13(23)11(21)9(19)7(3-17)27-15/h2,6-24H,1,3-5H2/t6-,7?,8?,9+,10+,11-,12?,13?,14?,15?,16+/m0/s1. The van der Waals surface area contributed by atoms with E-state index in [-0.39, 0.29) is 6.61 Å². The molecular weight excluding hydrogens is 384 g/mol. The first kappa shape index (κ1) is 23.5. The summed E-state index contributed by atoms with van der Waals surface area (Å²) in [5.74, 6) is 0. The third-order valence-corrected chi connectivity index (χ3v) is 4.69. The van der Waals surface area contributed by atoms with E-state index in [9.17, 15) is 35.7 Å². The summed E-state index contributed by atoms with van der Waals surface area (Å²) in [4.78, 5) is 0. The molecule has 2 rings (SSSR count). The summed E-state index contributed by atoms with van der Waals surface area (Å²) in [5, 5.41) is 77.3. The molecule has 0 bridgehead atoms. The van der Waals surface area contributed by atoms with Gasteiger partial charge in [-0.2, -0.15) is 0 Å². The van der Waals surface area contributed by atoms with Crippen molar-refractivity contribution in [2.24, 2.45) is 0 Å². The predicted molar refractivity (Wildman–Crippen MR) is 88.6 cm³/mol. The van der Waals surface area contributed by atoms with Crippen LogP contribution in [-0.2, 0) is 18.9 Å². The van der Waals surface area contributed by atoms with Gasteiger partial charge in [-0.1, -0.05) is 6.08 Å². The maximum absolute atomic E-state index is 9.99. The Morgan fingerprint density at radius 1 is 0.750 bits per heavy atom. The van der Waals surface area contributed by atoms with Crippen molar-refractivity contribution in [2.75, 3.05) is 19.8 Å². The molecule has 2 aliphatic rings. The minimum absolute atomic E-state index is 0.304. The molecular formula is C16H28O12. The van der Waals surface area contributed by atoms with Gasteiger partial charge in [0.15, 0.2) is 12.6 Å². The number of aliphatic hydroxyl groups is 8. The first-order chi connectivity index (χ1) is 13.2. The van der Waals surface area contributed by atoms with E-state index >= 15 is 0 Å². The van der Waals surface area contributed by atoms with Crippen molar-refractivity contribution in [3.8, 4) is 0 Å². The minimum Gasteiger partial charge on any atom is -0.394 e. The molecule has 0 amide bonds. The molecule has 0 aliphatic carbocycles. The lowest BCUT2D eigenvalue weighted by molar-refractivity contribution is -0.324. The van der Waals surface area contributed by atoms with E-state index in [1.54, 1.807) is 0 Å².